The van der Waals surface area contributed by atoms with Crippen LogP contribution < -0.4 is 5.32 Å². The first-order chi connectivity index (χ1) is 17.2. The predicted molar refractivity (Wildman–Crippen MR) is 142 cm³/mol. The number of amides is 1. The number of nitrogens with one attached hydrogen (secondary N) is 2. The maximum atomic E-state index is 13.8. The SMILES string of the molecule is CN(Cc1ccccc1)C[C@@H](Cc1ccccc1)N1CCN[C@H](Cc2c[nH]c3ccccc23)C1=O. The largest absolute Gasteiger partial charge is 0.361 e. The molecule has 2 N–H and O–H groups in total. The van der Waals surface area contributed by atoms with E-state index in [-0.39, 0.29) is 18.0 Å². The molecule has 1 amide bonds. The fourth-order valence-electron chi connectivity index (χ4n) is 5.28. The fraction of sp³-hybridized carbons (Fsp3) is 0.300. The monoisotopic (exact) mass is 466 g/mol. The van der Waals surface area contributed by atoms with Crippen molar-refractivity contribution >= 4 is 16.8 Å². The number of likely N-dealkylation sites (N-methyl/N-ethyl adjacent to an activating group) is 1. The van der Waals surface area contributed by atoms with Gasteiger partial charge in [-0.25, -0.2) is 0 Å². The number of aromatic nitrogens is 1. The Morgan fingerprint density at radius 3 is 2.40 bits per heavy atom. The minimum atomic E-state index is -0.208. The smallest absolute Gasteiger partial charge is 0.240 e. The maximum Gasteiger partial charge on any atom is 0.240 e. The molecule has 0 saturated carbocycles. The Hall–Kier alpha value is -3.41. The highest BCUT2D eigenvalue weighted by molar-refractivity contribution is 5.86. The second-order valence-electron chi connectivity index (χ2n) is 9.63. The van der Waals surface area contributed by atoms with E-state index >= 15 is 0 Å². The van der Waals surface area contributed by atoms with E-state index in [1.807, 2.05) is 18.3 Å². The number of carbonyl (C=O) groups excluding carboxylic acids is 1. The molecule has 0 radical (unpaired) electrons. The molecule has 5 nitrogen and oxygen atoms in total. The third-order valence-corrected chi connectivity index (χ3v) is 7.00. The van der Waals surface area contributed by atoms with E-state index in [9.17, 15) is 4.79 Å². The minimum absolute atomic E-state index is 0.117. The molecule has 0 unspecified atom stereocenters. The van der Waals surface area contributed by atoms with Crippen LogP contribution in [0, 0.1) is 0 Å². The lowest BCUT2D eigenvalue weighted by Gasteiger charge is -2.40. The number of nitrogens with zero attached hydrogens (tertiary/aromatic N) is 2. The normalized spacial score (nSPS) is 17.3. The zero-order chi connectivity index (χ0) is 24.0. The summed E-state index contributed by atoms with van der Waals surface area (Å²) in [7, 11) is 2.15. The van der Waals surface area contributed by atoms with Crippen molar-refractivity contribution in [2.75, 3.05) is 26.7 Å². The van der Waals surface area contributed by atoms with Gasteiger partial charge >= 0.3 is 0 Å². The Labute approximate surface area is 207 Å². The van der Waals surface area contributed by atoms with E-state index in [0.29, 0.717) is 6.42 Å². The van der Waals surface area contributed by atoms with Gasteiger partial charge in [0, 0.05) is 49.3 Å². The molecule has 3 aromatic carbocycles. The van der Waals surface area contributed by atoms with Crippen LogP contribution in [0.1, 0.15) is 16.7 Å². The number of fused-ring (bicyclic) bond motifs is 1. The number of carbonyl (C=O) groups is 1. The van der Waals surface area contributed by atoms with Gasteiger partial charge in [0.2, 0.25) is 5.91 Å². The Bertz CT molecular complexity index is 1240. The van der Waals surface area contributed by atoms with Crippen molar-refractivity contribution in [1.82, 2.24) is 20.1 Å². The third-order valence-electron chi connectivity index (χ3n) is 7.00. The van der Waals surface area contributed by atoms with Crippen LogP contribution >= 0.6 is 0 Å². The van der Waals surface area contributed by atoms with Crippen LogP contribution in [0.2, 0.25) is 0 Å². The molecule has 4 aromatic rings. The number of piperazine rings is 1. The van der Waals surface area contributed by atoms with Crippen LogP contribution in [0.5, 0.6) is 0 Å². The highest BCUT2D eigenvalue weighted by Gasteiger charge is 2.34. The van der Waals surface area contributed by atoms with Crippen LogP contribution in [-0.4, -0.2) is 59.5 Å². The Morgan fingerprint density at radius 2 is 1.63 bits per heavy atom. The van der Waals surface area contributed by atoms with Gasteiger partial charge in [0.1, 0.15) is 0 Å². The van der Waals surface area contributed by atoms with Gasteiger partial charge in [-0.15, -0.1) is 0 Å². The van der Waals surface area contributed by atoms with E-state index in [4.69, 9.17) is 0 Å². The van der Waals surface area contributed by atoms with Crippen molar-refractivity contribution in [3.8, 4) is 0 Å². The summed E-state index contributed by atoms with van der Waals surface area (Å²) in [6.45, 7) is 3.24. The van der Waals surface area contributed by atoms with Crippen LogP contribution in [0.3, 0.4) is 0 Å². The first kappa shape index (κ1) is 23.3. The molecule has 1 fully saturated rings. The Balaban J connectivity index is 1.34. The van der Waals surface area contributed by atoms with Gasteiger partial charge in [0.05, 0.1) is 6.04 Å². The molecular formula is C30H34N4O. The number of H-pyrrole nitrogens is 1. The molecule has 35 heavy (non-hydrogen) atoms. The van der Waals surface area contributed by atoms with Gasteiger partial charge < -0.3 is 20.1 Å². The minimum Gasteiger partial charge on any atom is -0.361 e. The van der Waals surface area contributed by atoms with Crippen LogP contribution in [-0.2, 0) is 24.2 Å². The zero-order valence-corrected chi connectivity index (χ0v) is 20.4. The number of para-hydroxylation sites is 1. The zero-order valence-electron chi connectivity index (χ0n) is 20.4. The van der Waals surface area contributed by atoms with E-state index in [2.05, 4.69) is 99.9 Å². The molecule has 1 aliphatic rings. The molecular weight excluding hydrogens is 432 g/mol. The van der Waals surface area contributed by atoms with E-state index in [0.717, 1.165) is 38.1 Å². The predicted octanol–water partition coefficient (Wildman–Crippen LogP) is 4.25. The molecule has 5 rings (SSSR count). The first-order valence-corrected chi connectivity index (χ1v) is 12.5. The van der Waals surface area contributed by atoms with Crippen LogP contribution in [0.25, 0.3) is 10.9 Å². The highest BCUT2D eigenvalue weighted by atomic mass is 16.2. The number of hydrogen-bond donors (Lipinski definition) is 2. The number of aromatic amines is 1. The Kier molecular flexibility index (Phi) is 7.26. The second-order valence-corrected chi connectivity index (χ2v) is 9.63. The average molecular weight is 467 g/mol. The maximum absolute atomic E-state index is 13.8. The quantitative estimate of drug-likeness (QED) is 0.388. The van der Waals surface area contributed by atoms with E-state index < -0.39 is 0 Å². The lowest BCUT2D eigenvalue weighted by Crippen LogP contribution is -2.60. The highest BCUT2D eigenvalue weighted by Crippen LogP contribution is 2.22. The molecule has 0 spiro atoms. The summed E-state index contributed by atoms with van der Waals surface area (Å²) in [5.74, 6) is 0.204. The van der Waals surface area contributed by atoms with E-state index in [1.165, 1.54) is 22.1 Å². The summed E-state index contributed by atoms with van der Waals surface area (Å²) < 4.78 is 0. The van der Waals surface area contributed by atoms with Crippen LogP contribution in [0.15, 0.2) is 91.1 Å². The molecule has 2 atom stereocenters. The van der Waals surface area contributed by atoms with Crippen molar-refractivity contribution in [2.24, 2.45) is 0 Å². The molecule has 1 aromatic heterocycles. The van der Waals surface area contributed by atoms with Gasteiger partial charge in [-0.2, -0.15) is 0 Å². The first-order valence-electron chi connectivity index (χ1n) is 12.5. The topological polar surface area (TPSA) is 51.4 Å². The average Bonchev–Trinajstić information content (AvgIpc) is 3.29. The third kappa shape index (κ3) is 5.64. The van der Waals surface area contributed by atoms with Crippen molar-refractivity contribution in [3.63, 3.8) is 0 Å². The lowest BCUT2D eigenvalue weighted by molar-refractivity contribution is -0.138. The summed E-state index contributed by atoms with van der Waals surface area (Å²) >= 11 is 0. The number of benzene rings is 3. The van der Waals surface area contributed by atoms with Crippen molar-refractivity contribution in [3.05, 3.63) is 108 Å². The molecule has 2 heterocycles. The molecule has 180 valence electrons. The number of rotatable bonds is 9. The summed E-state index contributed by atoms with van der Waals surface area (Å²) in [6.07, 6.45) is 3.59. The molecule has 0 aliphatic carbocycles. The standard InChI is InChI=1S/C30H34N4O/c1-33(21-24-12-6-3-7-13-24)22-26(18-23-10-4-2-5-11-23)34-17-16-31-29(30(34)35)19-25-20-32-28-15-9-8-14-27(25)28/h2-15,20,26,29,31-32H,16-19,21-22H2,1H3/t26-,29-/m1/s1. The number of hydrogen-bond acceptors (Lipinski definition) is 3. The van der Waals surface area contributed by atoms with Gasteiger partial charge in [-0.3, -0.25) is 4.79 Å². The Morgan fingerprint density at radius 1 is 0.943 bits per heavy atom. The van der Waals surface area contributed by atoms with Gasteiger partial charge in [0.15, 0.2) is 0 Å². The van der Waals surface area contributed by atoms with Crippen LogP contribution in [0.4, 0.5) is 0 Å². The van der Waals surface area contributed by atoms with Gasteiger partial charge in [0.25, 0.3) is 0 Å². The van der Waals surface area contributed by atoms with Crippen molar-refractivity contribution in [1.29, 1.82) is 0 Å². The summed E-state index contributed by atoms with van der Waals surface area (Å²) in [6, 6.07) is 29.3. The van der Waals surface area contributed by atoms with Gasteiger partial charge in [-0.05, 0) is 42.6 Å². The molecule has 1 aliphatic heterocycles. The summed E-state index contributed by atoms with van der Waals surface area (Å²) in [4.78, 5) is 21.6. The lowest BCUT2D eigenvalue weighted by atomic mass is 9.98. The fourth-order valence-corrected chi connectivity index (χ4v) is 5.28. The van der Waals surface area contributed by atoms with Crippen molar-refractivity contribution in [2.45, 2.75) is 31.5 Å². The second kappa shape index (κ2) is 10.9. The summed E-state index contributed by atoms with van der Waals surface area (Å²) in [5.41, 5.74) is 4.86. The molecule has 1 saturated heterocycles. The molecule has 0 bridgehead atoms. The summed E-state index contributed by atoms with van der Waals surface area (Å²) in [5, 5.41) is 4.69. The van der Waals surface area contributed by atoms with Gasteiger partial charge in [-0.1, -0.05) is 78.9 Å². The van der Waals surface area contributed by atoms with Crippen molar-refractivity contribution < 1.29 is 4.79 Å². The molecule has 5 heteroatoms. The van der Waals surface area contributed by atoms with E-state index in [1.54, 1.807) is 0 Å².